The van der Waals surface area contributed by atoms with E-state index >= 15 is 0 Å². The van der Waals surface area contributed by atoms with E-state index in [1.165, 1.54) is 29.7 Å². The quantitative estimate of drug-likeness (QED) is 0.352. The molecule has 0 atom stereocenters. The van der Waals surface area contributed by atoms with Gasteiger partial charge in [-0.2, -0.15) is 18.2 Å². The highest BCUT2D eigenvalue weighted by atomic mass is 32.1. The minimum atomic E-state index is -4.37. The van der Waals surface area contributed by atoms with Crippen LogP contribution in [-0.2, 0) is 6.54 Å². The Bertz CT molecular complexity index is 1320. The van der Waals surface area contributed by atoms with E-state index in [9.17, 15) is 18.0 Å². The fraction of sp³-hybridized carbons (Fsp3) is 0.292. The van der Waals surface area contributed by atoms with Crippen LogP contribution in [-0.4, -0.2) is 74.8 Å². The number of amides is 1. The summed E-state index contributed by atoms with van der Waals surface area (Å²) >= 11 is 1.40. The van der Waals surface area contributed by atoms with Crippen molar-refractivity contribution in [3.63, 3.8) is 0 Å². The Morgan fingerprint density at radius 2 is 1.84 bits per heavy atom. The van der Waals surface area contributed by atoms with E-state index in [1.807, 2.05) is 0 Å². The van der Waals surface area contributed by atoms with Crippen LogP contribution < -0.4 is 4.74 Å². The van der Waals surface area contributed by atoms with Crippen molar-refractivity contribution in [2.75, 3.05) is 32.8 Å². The number of pyridine rings is 1. The molecular weight excluding hydrogens is 509 g/mol. The fourth-order valence-electron chi connectivity index (χ4n) is 3.81. The van der Waals surface area contributed by atoms with Gasteiger partial charge in [-0.15, -0.1) is 11.3 Å². The molecule has 13 heteroatoms. The lowest BCUT2D eigenvalue weighted by atomic mass is 10.1. The Balaban J connectivity index is 1.12. The van der Waals surface area contributed by atoms with Gasteiger partial charge in [-0.3, -0.25) is 19.7 Å². The van der Waals surface area contributed by atoms with Gasteiger partial charge in [0.2, 0.25) is 5.82 Å². The Morgan fingerprint density at radius 3 is 2.49 bits per heavy atom. The number of hydrogen-bond acceptors (Lipinski definition) is 9. The van der Waals surface area contributed by atoms with E-state index in [-0.39, 0.29) is 17.5 Å². The highest BCUT2D eigenvalue weighted by Crippen LogP contribution is 2.24. The highest BCUT2D eigenvalue weighted by Gasteiger charge is 2.28. The predicted molar refractivity (Wildman–Crippen MR) is 128 cm³/mol. The van der Waals surface area contributed by atoms with Gasteiger partial charge in [0.25, 0.3) is 11.8 Å². The third kappa shape index (κ3) is 6.30. The maximum Gasteiger partial charge on any atom is 0.422 e. The van der Waals surface area contributed by atoms with E-state index in [1.54, 1.807) is 40.9 Å². The molecule has 1 amide bonds. The van der Waals surface area contributed by atoms with E-state index in [2.05, 4.69) is 25.0 Å². The van der Waals surface area contributed by atoms with Gasteiger partial charge in [-0.25, -0.2) is 0 Å². The van der Waals surface area contributed by atoms with Crippen LogP contribution in [0, 0.1) is 0 Å². The number of ether oxygens (including phenoxy) is 1. The molecule has 0 unspecified atom stereocenters. The highest BCUT2D eigenvalue weighted by molar-refractivity contribution is 7.13. The van der Waals surface area contributed by atoms with Crippen LogP contribution in [0.25, 0.3) is 22.3 Å². The molecule has 9 nitrogen and oxygen atoms in total. The van der Waals surface area contributed by atoms with Crippen molar-refractivity contribution in [1.29, 1.82) is 0 Å². The molecule has 0 N–H and O–H groups in total. The summed E-state index contributed by atoms with van der Waals surface area (Å²) in [6, 6.07) is 9.93. The molecule has 4 aromatic rings. The molecular formula is C24H21F3N6O3S. The first-order chi connectivity index (χ1) is 17.8. The zero-order chi connectivity index (χ0) is 25.8. The molecule has 0 radical (unpaired) electrons. The average molecular weight is 531 g/mol. The lowest BCUT2D eigenvalue weighted by Gasteiger charge is -2.34. The van der Waals surface area contributed by atoms with E-state index in [0.717, 1.165) is 10.4 Å². The van der Waals surface area contributed by atoms with Gasteiger partial charge in [-0.05, 0) is 29.8 Å². The molecule has 1 aliphatic heterocycles. The molecule has 1 aromatic carbocycles. The summed E-state index contributed by atoms with van der Waals surface area (Å²) < 4.78 is 46.9. The van der Waals surface area contributed by atoms with Gasteiger partial charge < -0.3 is 14.2 Å². The summed E-state index contributed by atoms with van der Waals surface area (Å²) in [6.45, 7) is 1.76. The SMILES string of the molecule is O=C(c1ccc(-c2nc(-c3cncs3)no2)nc1)N1CCN(Cc2ccc(OCC(F)(F)F)cc2)CC1. The number of piperazine rings is 1. The molecule has 0 saturated carbocycles. The standard InChI is InChI=1S/C24H21F3N6O3S/c25-24(26,27)14-35-18-4-1-16(2-5-18)13-32-7-9-33(10-8-32)23(34)17-3-6-19(29-11-17)22-30-21(31-36-22)20-12-28-15-37-20/h1-6,11-12,15H,7-10,13-14H2. The van der Waals surface area contributed by atoms with Crippen molar-refractivity contribution in [2.24, 2.45) is 0 Å². The number of rotatable bonds is 7. The van der Waals surface area contributed by atoms with E-state index in [4.69, 9.17) is 9.26 Å². The molecule has 5 rings (SSSR count). The van der Waals surface area contributed by atoms with Crippen molar-refractivity contribution >= 4 is 17.2 Å². The van der Waals surface area contributed by atoms with Gasteiger partial charge >= 0.3 is 6.18 Å². The molecule has 192 valence electrons. The molecule has 0 spiro atoms. The summed E-state index contributed by atoms with van der Waals surface area (Å²) in [4.78, 5) is 30.4. The summed E-state index contributed by atoms with van der Waals surface area (Å²) in [7, 11) is 0. The molecule has 4 heterocycles. The number of halogens is 3. The average Bonchev–Trinajstić information content (AvgIpc) is 3.61. The molecule has 1 aliphatic rings. The lowest BCUT2D eigenvalue weighted by Crippen LogP contribution is -2.48. The second kappa shape index (κ2) is 10.6. The maximum atomic E-state index is 13.0. The zero-order valence-corrected chi connectivity index (χ0v) is 20.2. The van der Waals surface area contributed by atoms with Crippen LogP contribution in [0.15, 0.2) is 58.8 Å². The Morgan fingerprint density at radius 1 is 1.05 bits per heavy atom. The van der Waals surface area contributed by atoms with Crippen LogP contribution in [0.4, 0.5) is 13.2 Å². The van der Waals surface area contributed by atoms with Crippen molar-refractivity contribution in [3.05, 3.63) is 65.4 Å². The van der Waals surface area contributed by atoms with Crippen LogP contribution in [0.3, 0.4) is 0 Å². The smallest absolute Gasteiger partial charge is 0.422 e. The van der Waals surface area contributed by atoms with Gasteiger partial charge in [0, 0.05) is 45.1 Å². The number of thiazole rings is 1. The summed E-state index contributed by atoms with van der Waals surface area (Å²) in [5.41, 5.74) is 3.58. The lowest BCUT2D eigenvalue weighted by molar-refractivity contribution is -0.153. The molecule has 1 fully saturated rings. The second-order valence-corrected chi connectivity index (χ2v) is 9.22. The predicted octanol–water partition coefficient (Wildman–Crippen LogP) is 4.15. The molecule has 37 heavy (non-hydrogen) atoms. The maximum absolute atomic E-state index is 13.0. The first-order valence-corrected chi connectivity index (χ1v) is 12.2. The number of hydrogen-bond donors (Lipinski definition) is 0. The Labute approximate surface area is 213 Å². The number of carbonyl (C=O) groups excluding carboxylic acids is 1. The molecule has 3 aromatic heterocycles. The van der Waals surface area contributed by atoms with E-state index < -0.39 is 12.8 Å². The zero-order valence-electron chi connectivity index (χ0n) is 19.4. The molecule has 0 aliphatic carbocycles. The molecule has 0 bridgehead atoms. The normalized spacial score (nSPS) is 14.6. The first-order valence-electron chi connectivity index (χ1n) is 11.3. The Kier molecular flexibility index (Phi) is 7.15. The Hall–Kier alpha value is -3.84. The van der Waals surface area contributed by atoms with Gasteiger partial charge in [0.05, 0.1) is 16.0 Å². The van der Waals surface area contributed by atoms with Crippen LogP contribution >= 0.6 is 11.3 Å². The van der Waals surface area contributed by atoms with Crippen molar-refractivity contribution in [1.82, 2.24) is 29.9 Å². The number of nitrogens with zero attached hydrogens (tertiary/aromatic N) is 6. The number of aromatic nitrogens is 4. The van der Waals surface area contributed by atoms with Crippen LogP contribution in [0.1, 0.15) is 15.9 Å². The van der Waals surface area contributed by atoms with Crippen molar-refractivity contribution < 1.29 is 27.2 Å². The third-order valence-electron chi connectivity index (χ3n) is 5.70. The number of carbonyl (C=O) groups is 1. The van der Waals surface area contributed by atoms with Crippen molar-refractivity contribution in [3.8, 4) is 28.0 Å². The summed E-state index contributed by atoms with van der Waals surface area (Å²) in [5, 5.41) is 3.94. The van der Waals surface area contributed by atoms with Gasteiger partial charge in [0.1, 0.15) is 11.4 Å². The summed E-state index contributed by atoms with van der Waals surface area (Å²) in [5.74, 6) is 0.759. The topological polar surface area (TPSA) is 97.5 Å². The van der Waals surface area contributed by atoms with Crippen LogP contribution in [0.2, 0.25) is 0 Å². The van der Waals surface area contributed by atoms with Crippen LogP contribution in [0.5, 0.6) is 5.75 Å². The number of alkyl halides is 3. The fourth-order valence-corrected chi connectivity index (χ4v) is 4.35. The second-order valence-electron chi connectivity index (χ2n) is 8.34. The molecule has 1 saturated heterocycles. The monoisotopic (exact) mass is 530 g/mol. The van der Waals surface area contributed by atoms with Gasteiger partial charge in [0.15, 0.2) is 6.61 Å². The summed E-state index contributed by atoms with van der Waals surface area (Å²) in [6.07, 6.45) is -1.21. The first kappa shape index (κ1) is 24.8. The minimum Gasteiger partial charge on any atom is -0.484 e. The van der Waals surface area contributed by atoms with Crippen molar-refractivity contribution in [2.45, 2.75) is 12.7 Å². The number of benzene rings is 1. The van der Waals surface area contributed by atoms with Gasteiger partial charge in [-0.1, -0.05) is 17.3 Å². The third-order valence-corrected chi connectivity index (χ3v) is 6.47. The minimum absolute atomic E-state index is 0.110. The van der Waals surface area contributed by atoms with E-state index in [0.29, 0.717) is 49.8 Å². The largest absolute Gasteiger partial charge is 0.484 e.